The van der Waals surface area contributed by atoms with Gasteiger partial charge in [-0.05, 0) is 38.9 Å². The van der Waals surface area contributed by atoms with Crippen LogP contribution in [0.3, 0.4) is 0 Å². The molecule has 3 rings (SSSR count). The summed E-state index contributed by atoms with van der Waals surface area (Å²) in [6.45, 7) is 1.85. The topological polar surface area (TPSA) is 88.1 Å². The molecule has 1 fully saturated rings. The standard InChI is InChI=1S/C17H22Cl3N7O/c1-27-9-3-4-12(27)7-8-21-15-24-14(17(18,19)20)25-16(26-15)23-11-5-6-13(28-2)22-10-11/h5-6,10,12H,3-4,7-9H2,1-2H3,(H2,21,23,24,25,26). The van der Waals surface area contributed by atoms with Crippen LogP contribution in [0.5, 0.6) is 5.88 Å². The van der Waals surface area contributed by atoms with Crippen LogP contribution in [0.2, 0.25) is 0 Å². The van der Waals surface area contributed by atoms with Crippen LogP contribution in [0, 0.1) is 0 Å². The summed E-state index contributed by atoms with van der Waals surface area (Å²) in [5.41, 5.74) is 0.667. The molecule has 1 unspecified atom stereocenters. The molecule has 11 heteroatoms. The summed E-state index contributed by atoms with van der Waals surface area (Å²) < 4.78 is 3.29. The molecular weight excluding hydrogens is 425 g/mol. The van der Waals surface area contributed by atoms with Crippen molar-refractivity contribution in [3.8, 4) is 5.88 Å². The summed E-state index contributed by atoms with van der Waals surface area (Å²) in [4.78, 5) is 19.3. The lowest BCUT2D eigenvalue weighted by atomic mass is 10.1. The Hall–Kier alpha value is -1.61. The van der Waals surface area contributed by atoms with Crippen molar-refractivity contribution in [2.24, 2.45) is 0 Å². The lowest BCUT2D eigenvalue weighted by molar-refractivity contribution is 0.301. The van der Waals surface area contributed by atoms with Gasteiger partial charge in [-0.2, -0.15) is 15.0 Å². The molecule has 2 aromatic heterocycles. The van der Waals surface area contributed by atoms with Crippen LogP contribution in [0.25, 0.3) is 0 Å². The molecule has 152 valence electrons. The molecule has 1 atom stereocenters. The summed E-state index contributed by atoms with van der Waals surface area (Å²) in [7, 11) is 3.70. The minimum absolute atomic E-state index is 0.0388. The van der Waals surface area contributed by atoms with E-state index in [1.807, 2.05) is 0 Å². The number of hydrogen-bond acceptors (Lipinski definition) is 8. The predicted molar refractivity (Wildman–Crippen MR) is 112 cm³/mol. The number of halogens is 3. The Labute approximate surface area is 179 Å². The predicted octanol–water partition coefficient (Wildman–Crippen LogP) is 3.74. The van der Waals surface area contributed by atoms with Gasteiger partial charge in [0.05, 0.1) is 19.0 Å². The number of pyridine rings is 1. The minimum Gasteiger partial charge on any atom is -0.481 e. The zero-order valence-electron chi connectivity index (χ0n) is 15.6. The van der Waals surface area contributed by atoms with Crippen LogP contribution in [0.4, 0.5) is 17.6 Å². The Morgan fingerprint density at radius 2 is 2.00 bits per heavy atom. The Morgan fingerprint density at radius 3 is 2.61 bits per heavy atom. The fourth-order valence-corrected chi connectivity index (χ4v) is 3.29. The molecule has 0 spiro atoms. The van der Waals surface area contributed by atoms with Gasteiger partial charge in [0.2, 0.25) is 21.6 Å². The molecule has 2 N–H and O–H groups in total. The average Bonchev–Trinajstić information content (AvgIpc) is 3.06. The van der Waals surface area contributed by atoms with Gasteiger partial charge in [-0.15, -0.1) is 0 Å². The van der Waals surface area contributed by atoms with Gasteiger partial charge in [0.15, 0.2) is 5.82 Å². The van der Waals surface area contributed by atoms with E-state index in [1.165, 1.54) is 12.8 Å². The van der Waals surface area contributed by atoms with E-state index in [0.717, 1.165) is 13.0 Å². The lowest BCUT2D eigenvalue weighted by Gasteiger charge is -2.19. The van der Waals surface area contributed by atoms with Gasteiger partial charge in [-0.1, -0.05) is 34.8 Å². The van der Waals surface area contributed by atoms with Gasteiger partial charge in [0.1, 0.15) is 0 Å². The molecule has 1 aliphatic heterocycles. The summed E-state index contributed by atoms with van der Waals surface area (Å²) in [6.07, 6.45) is 5.01. The molecule has 0 aliphatic carbocycles. The highest BCUT2D eigenvalue weighted by molar-refractivity contribution is 6.66. The molecule has 0 bridgehead atoms. The number of anilines is 3. The number of nitrogens with zero attached hydrogens (tertiary/aromatic N) is 5. The van der Waals surface area contributed by atoms with Crippen LogP contribution >= 0.6 is 34.8 Å². The highest BCUT2D eigenvalue weighted by Gasteiger charge is 2.28. The second kappa shape index (κ2) is 9.26. The third-order valence-corrected chi connectivity index (χ3v) is 5.03. The zero-order valence-corrected chi connectivity index (χ0v) is 17.9. The van der Waals surface area contributed by atoms with Gasteiger partial charge in [-0.3, -0.25) is 0 Å². The summed E-state index contributed by atoms with van der Waals surface area (Å²) in [5, 5.41) is 6.25. The second-order valence-electron chi connectivity index (χ2n) is 6.51. The Bertz CT molecular complexity index is 785. The number of nitrogens with one attached hydrogen (secondary N) is 2. The summed E-state index contributed by atoms with van der Waals surface area (Å²) in [5.74, 6) is 1.14. The molecule has 1 saturated heterocycles. The van der Waals surface area contributed by atoms with Crippen molar-refractivity contribution in [1.29, 1.82) is 0 Å². The van der Waals surface area contributed by atoms with Gasteiger partial charge in [-0.25, -0.2) is 4.98 Å². The van der Waals surface area contributed by atoms with Crippen molar-refractivity contribution >= 4 is 52.4 Å². The molecule has 0 radical (unpaired) electrons. The summed E-state index contributed by atoms with van der Waals surface area (Å²) in [6, 6.07) is 4.06. The van der Waals surface area contributed by atoms with Crippen molar-refractivity contribution < 1.29 is 4.74 Å². The Balaban J connectivity index is 1.72. The van der Waals surface area contributed by atoms with Crippen LogP contribution in [-0.2, 0) is 3.79 Å². The third kappa shape index (κ3) is 5.70. The van der Waals surface area contributed by atoms with Gasteiger partial charge in [0, 0.05) is 18.7 Å². The highest BCUT2D eigenvalue weighted by atomic mass is 35.6. The molecule has 0 aromatic carbocycles. The number of alkyl halides is 3. The van der Waals surface area contributed by atoms with Gasteiger partial charge < -0.3 is 20.3 Å². The quantitative estimate of drug-likeness (QED) is 0.622. The smallest absolute Gasteiger partial charge is 0.250 e. The van der Waals surface area contributed by atoms with Crippen LogP contribution in [0.1, 0.15) is 25.1 Å². The van der Waals surface area contributed by atoms with E-state index in [0.29, 0.717) is 30.1 Å². The molecule has 0 amide bonds. The van der Waals surface area contributed by atoms with Crippen LogP contribution < -0.4 is 15.4 Å². The van der Waals surface area contributed by atoms with Crippen molar-refractivity contribution in [2.45, 2.75) is 29.1 Å². The number of aromatic nitrogens is 4. The largest absolute Gasteiger partial charge is 0.481 e. The number of methoxy groups -OCH3 is 1. The fourth-order valence-electron chi connectivity index (χ4n) is 3.04. The van der Waals surface area contributed by atoms with Gasteiger partial charge >= 0.3 is 0 Å². The SMILES string of the molecule is COc1ccc(Nc2nc(NCCC3CCCN3C)nc(C(Cl)(Cl)Cl)n2)cn1. The highest BCUT2D eigenvalue weighted by Crippen LogP contribution is 2.36. The molecule has 2 aromatic rings. The van der Waals surface area contributed by atoms with E-state index >= 15 is 0 Å². The maximum Gasteiger partial charge on any atom is 0.250 e. The molecular formula is C17H22Cl3N7O. The summed E-state index contributed by atoms with van der Waals surface area (Å²) >= 11 is 18.0. The first kappa shape index (κ1) is 21.1. The molecule has 28 heavy (non-hydrogen) atoms. The second-order valence-corrected chi connectivity index (χ2v) is 8.79. The first-order valence-corrected chi connectivity index (χ1v) is 10.0. The third-order valence-electron chi connectivity index (χ3n) is 4.52. The lowest BCUT2D eigenvalue weighted by Crippen LogP contribution is -2.27. The minimum atomic E-state index is -1.76. The maximum absolute atomic E-state index is 5.99. The number of likely N-dealkylation sites (tertiary alicyclic amines) is 1. The fraction of sp³-hybridized carbons (Fsp3) is 0.529. The van der Waals surface area contributed by atoms with Crippen LogP contribution in [-0.4, -0.2) is 58.1 Å². The van der Waals surface area contributed by atoms with E-state index in [1.54, 1.807) is 25.4 Å². The zero-order chi connectivity index (χ0) is 20.1. The van der Waals surface area contributed by atoms with E-state index < -0.39 is 3.79 Å². The van der Waals surface area contributed by atoms with E-state index in [4.69, 9.17) is 39.5 Å². The first-order valence-electron chi connectivity index (χ1n) is 8.89. The molecule has 1 aliphatic rings. The Kier molecular flexibility index (Phi) is 6.98. The normalized spacial score (nSPS) is 17.5. The van der Waals surface area contributed by atoms with Crippen molar-refractivity contribution in [3.63, 3.8) is 0 Å². The molecule has 3 heterocycles. The van der Waals surface area contributed by atoms with E-state index in [2.05, 4.69) is 42.5 Å². The molecule has 8 nitrogen and oxygen atoms in total. The van der Waals surface area contributed by atoms with Crippen LogP contribution in [0.15, 0.2) is 18.3 Å². The average molecular weight is 447 g/mol. The van der Waals surface area contributed by atoms with Crippen molar-refractivity contribution in [2.75, 3.05) is 37.9 Å². The van der Waals surface area contributed by atoms with Crippen molar-refractivity contribution in [1.82, 2.24) is 24.8 Å². The van der Waals surface area contributed by atoms with Gasteiger partial charge in [0.25, 0.3) is 0 Å². The molecule has 0 saturated carbocycles. The first-order chi connectivity index (χ1) is 13.3. The number of rotatable bonds is 7. The van der Waals surface area contributed by atoms with Crippen molar-refractivity contribution in [3.05, 3.63) is 24.2 Å². The van der Waals surface area contributed by atoms with E-state index in [9.17, 15) is 0 Å². The number of ether oxygens (including phenoxy) is 1. The maximum atomic E-state index is 5.99. The number of hydrogen-bond donors (Lipinski definition) is 2. The monoisotopic (exact) mass is 445 g/mol. The van der Waals surface area contributed by atoms with E-state index in [-0.39, 0.29) is 11.8 Å². The Morgan fingerprint density at radius 1 is 1.21 bits per heavy atom.